The Bertz CT molecular complexity index is 2570. The van der Waals surface area contributed by atoms with Crippen LogP contribution in [0, 0.1) is 11.8 Å². The molecule has 354 valence electrons. The van der Waals surface area contributed by atoms with Gasteiger partial charge in [0.1, 0.15) is 22.8 Å². The minimum atomic E-state index is -4.05. The number of alkyl halides is 2. The molecular weight excluding hydrogens is 895 g/mol. The standard InChI is InChI=1S/C46H56F2N8O8S2/c1-26(2)40(52-44(59)63-5)42(57)55-19-10-11-31(55)24-50-25-36(49)30-14-17-33-32-16-13-28(21-34(32)46(47,48)35(33)22-30)29-15-18-38-37(23-29)51-39(54-66(38,61)62)12-8-7-9-20-56(65)43(58)41(27(3)4)53-45(60)64-6/h13-18,21-27,31,40-41,65H,7-12,19-20,49H2,1-6H3,(H,51,54)(H,52,59)(H,53,60)/b36-25-,50-24+/t31-,40-,41-/m0/s1. The molecule has 0 aromatic heterocycles. The summed E-state index contributed by atoms with van der Waals surface area (Å²) in [6.07, 6.45) is 4.91. The van der Waals surface area contributed by atoms with E-state index in [-0.39, 0.29) is 75.9 Å². The summed E-state index contributed by atoms with van der Waals surface area (Å²) >= 11 is 4.31. The molecular formula is C46H56F2N8O8S2. The number of carbonyl (C=O) groups is 4. The number of benzene rings is 3. The maximum absolute atomic E-state index is 16.4. The van der Waals surface area contributed by atoms with Gasteiger partial charge in [0.15, 0.2) is 0 Å². The molecule has 3 aromatic carbocycles. The number of rotatable bonds is 16. The fourth-order valence-electron chi connectivity index (χ4n) is 8.19. The molecule has 1 saturated heterocycles. The van der Waals surface area contributed by atoms with E-state index in [4.69, 9.17) is 10.5 Å². The molecule has 0 bridgehead atoms. The number of halogens is 2. The normalized spacial score (nSPS) is 17.9. The average molecular weight is 951 g/mol. The zero-order valence-corrected chi connectivity index (χ0v) is 39.3. The molecule has 3 atom stereocenters. The van der Waals surface area contributed by atoms with Crippen molar-refractivity contribution in [3.63, 3.8) is 0 Å². The van der Waals surface area contributed by atoms with Crippen LogP contribution in [-0.2, 0) is 35.0 Å². The van der Waals surface area contributed by atoms with Crippen molar-refractivity contribution in [3.8, 4) is 22.3 Å². The van der Waals surface area contributed by atoms with Crippen LogP contribution in [-0.4, -0.2) is 99.1 Å². The van der Waals surface area contributed by atoms with Crippen LogP contribution in [0.1, 0.15) is 82.9 Å². The molecule has 0 unspecified atom stereocenters. The van der Waals surface area contributed by atoms with Crippen LogP contribution in [0.15, 0.2) is 75.1 Å². The van der Waals surface area contributed by atoms with E-state index in [0.29, 0.717) is 60.0 Å². The van der Waals surface area contributed by atoms with Crippen molar-refractivity contribution in [2.24, 2.45) is 27.0 Å². The molecule has 66 heavy (non-hydrogen) atoms. The van der Waals surface area contributed by atoms with E-state index in [1.807, 2.05) is 13.8 Å². The Morgan fingerprint density at radius 1 is 0.939 bits per heavy atom. The molecule has 0 spiro atoms. The van der Waals surface area contributed by atoms with Gasteiger partial charge in [-0.1, -0.05) is 77.3 Å². The first-order valence-electron chi connectivity index (χ1n) is 21.7. The highest BCUT2D eigenvalue weighted by atomic mass is 32.2. The summed E-state index contributed by atoms with van der Waals surface area (Å²) in [5.74, 6) is -4.19. The van der Waals surface area contributed by atoms with E-state index < -0.39 is 40.2 Å². The number of methoxy groups -OCH3 is 2. The third kappa shape index (κ3) is 10.8. The van der Waals surface area contributed by atoms with Crippen molar-refractivity contribution < 1.29 is 45.9 Å². The Morgan fingerprint density at radius 3 is 2.23 bits per heavy atom. The zero-order valence-electron chi connectivity index (χ0n) is 37.6. The number of carbonyl (C=O) groups excluding carboxylic acids is 4. The number of hydrogen-bond acceptors (Lipinski definition) is 12. The van der Waals surface area contributed by atoms with Crippen LogP contribution in [0.5, 0.6) is 0 Å². The Kier molecular flexibility index (Phi) is 15.5. The number of hydrogen-bond donors (Lipinski definition) is 5. The van der Waals surface area contributed by atoms with Crippen LogP contribution in [0.2, 0.25) is 0 Å². The number of alkyl carbamates (subject to hydrolysis) is 2. The minimum Gasteiger partial charge on any atom is -0.453 e. The second-order valence-electron chi connectivity index (χ2n) is 17.1. The van der Waals surface area contributed by atoms with Gasteiger partial charge in [-0.3, -0.25) is 18.9 Å². The smallest absolute Gasteiger partial charge is 0.407 e. The number of sulfonamides is 1. The quantitative estimate of drug-likeness (QED) is 0.0549. The fourth-order valence-corrected chi connectivity index (χ4v) is 9.61. The summed E-state index contributed by atoms with van der Waals surface area (Å²) in [5.41, 5.74) is 8.37. The number of amidine groups is 1. The second kappa shape index (κ2) is 20.7. The molecule has 1 fully saturated rings. The number of fused-ring (bicyclic) bond motifs is 4. The maximum atomic E-state index is 16.4. The number of nitrogens with two attached hydrogens (primary N) is 1. The lowest BCUT2D eigenvalue weighted by molar-refractivity contribution is -0.134. The molecule has 16 nitrogen and oxygen atoms in total. The summed E-state index contributed by atoms with van der Waals surface area (Å²) in [4.78, 5) is 55.9. The van der Waals surface area contributed by atoms with Gasteiger partial charge in [0.2, 0.25) is 5.91 Å². The number of nitrogens with zero attached hydrogens (tertiary/aromatic N) is 4. The second-order valence-corrected chi connectivity index (χ2v) is 19.1. The predicted molar refractivity (Wildman–Crippen MR) is 251 cm³/mol. The molecule has 5 N–H and O–H groups in total. The summed E-state index contributed by atoms with van der Waals surface area (Å²) in [5, 5.41) is 8.25. The van der Waals surface area contributed by atoms with Crippen molar-refractivity contribution in [1.29, 1.82) is 0 Å². The van der Waals surface area contributed by atoms with Gasteiger partial charge in [0.25, 0.3) is 21.9 Å². The van der Waals surface area contributed by atoms with Gasteiger partial charge in [0.05, 0.1) is 37.8 Å². The summed E-state index contributed by atoms with van der Waals surface area (Å²) in [6, 6.07) is 12.0. The number of ether oxygens (including phenoxy) is 2. The van der Waals surface area contributed by atoms with Crippen LogP contribution in [0.25, 0.3) is 28.0 Å². The summed E-state index contributed by atoms with van der Waals surface area (Å²) < 4.78 is 73.7. The third-order valence-corrected chi connectivity index (χ3v) is 13.6. The first-order chi connectivity index (χ1) is 31.3. The number of aliphatic imine (C=N–C) groups is 1. The number of unbranched alkanes of at least 4 members (excludes halogenated alkanes) is 2. The number of likely N-dealkylation sites (tertiary alicyclic amines) is 1. The van der Waals surface area contributed by atoms with Crippen LogP contribution < -0.4 is 21.7 Å². The fraction of sp³-hybridized carbons (Fsp3) is 0.435. The monoisotopic (exact) mass is 950 g/mol. The van der Waals surface area contributed by atoms with Crippen LogP contribution >= 0.6 is 12.8 Å². The van der Waals surface area contributed by atoms with Gasteiger partial charge < -0.3 is 36.1 Å². The number of thiol groups is 1. The maximum Gasteiger partial charge on any atom is 0.407 e. The highest BCUT2D eigenvalue weighted by Gasteiger charge is 2.45. The van der Waals surface area contributed by atoms with Gasteiger partial charge in [-0.2, -0.15) is 17.2 Å². The first-order valence-corrected chi connectivity index (χ1v) is 23.5. The summed E-state index contributed by atoms with van der Waals surface area (Å²) in [7, 11) is -1.61. The highest BCUT2D eigenvalue weighted by molar-refractivity contribution is 7.90. The Balaban J connectivity index is 1.10. The zero-order chi connectivity index (χ0) is 48.1. The lowest BCUT2D eigenvalue weighted by atomic mass is 9.98. The van der Waals surface area contributed by atoms with E-state index in [2.05, 4.69) is 42.9 Å². The minimum absolute atomic E-state index is 0.0392. The molecule has 20 heteroatoms. The molecule has 2 heterocycles. The predicted octanol–water partition coefficient (Wildman–Crippen LogP) is 7.30. The van der Waals surface area contributed by atoms with Gasteiger partial charge in [-0.05, 0) is 89.6 Å². The van der Waals surface area contributed by atoms with Crippen molar-refractivity contribution in [3.05, 3.63) is 77.5 Å². The van der Waals surface area contributed by atoms with E-state index in [1.165, 1.54) is 42.9 Å². The number of amides is 4. The lowest BCUT2D eigenvalue weighted by Crippen LogP contribution is -2.52. The Labute approximate surface area is 389 Å². The molecule has 1 aliphatic carbocycles. The highest BCUT2D eigenvalue weighted by Crippen LogP contribution is 2.52. The molecule has 2 aliphatic heterocycles. The van der Waals surface area contributed by atoms with E-state index in [9.17, 15) is 27.6 Å². The molecule has 3 aliphatic rings. The molecule has 0 saturated carbocycles. The average Bonchev–Trinajstić information content (AvgIpc) is 3.84. The lowest BCUT2D eigenvalue weighted by Gasteiger charge is -2.29. The van der Waals surface area contributed by atoms with Crippen LogP contribution in [0.3, 0.4) is 0 Å². The largest absolute Gasteiger partial charge is 0.453 e. The van der Waals surface area contributed by atoms with Crippen molar-refractivity contribution in [2.75, 3.05) is 32.6 Å². The van der Waals surface area contributed by atoms with Crippen LogP contribution in [0.4, 0.5) is 24.1 Å². The number of nitrogens with one attached hydrogen (secondary N) is 3. The third-order valence-electron chi connectivity index (χ3n) is 11.8. The SMILES string of the molecule is COC(=O)N[C@H](C(=O)N(S)CCCCCC1=NS(=O)(=O)c2ccc(-c3ccc4c(c3)C(F)(F)c3cc(/C(N)=C/N=C/[C@@H]5CCCN5C(=O)[C@@H](NC(=O)OC)C(C)C)ccc3-4)cc2N1)C(C)C. The van der Waals surface area contributed by atoms with Gasteiger partial charge in [0, 0.05) is 36.9 Å². The van der Waals surface area contributed by atoms with Crippen molar-refractivity contribution in [1.82, 2.24) is 19.8 Å². The van der Waals surface area contributed by atoms with E-state index in [1.54, 1.807) is 61.4 Å². The number of anilines is 1. The Morgan fingerprint density at radius 2 is 1.56 bits per heavy atom. The summed E-state index contributed by atoms with van der Waals surface area (Å²) in [6.45, 7) is 8.00. The van der Waals surface area contributed by atoms with E-state index in [0.717, 1.165) is 6.42 Å². The molecule has 6 rings (SSSR count). The molecule has 3 aromatic rings. The van der Waals surface area contributed by atoms with Crippen molar-refractivity contribution >= 4 is 70.3 Å². The molecule has 0 radical (unpaired) electrons. The first kappa shape index (κ1) is 49.4. The van der Waals surface area contributed by atoms with E-state index >= 15 is 8.78 Å². The van der Waals surface area contributed by atoms with Gasteiger partial charge in [-0.15, -0.1) is 4.40 Å². The molecule has 4 amide bonds. The van der Waals surface area contributed by atoms with Gasteiger partial charge in [-0.25, -0.2) is 9.59 Å². The topological polar surface area (TPSA) is 214 Å². The van der Waals surface area contributed by atoms with Gasteiger partial charge >= 0.3 is 12.2 Å². The Hall–Kier alpha value is -6.02. The van der Waals surface area contributed by atoms with Crippen molar-refractivity contribution in [2.45, 2.75) is 95.2 Å².